The lowest BCUT2D eigenvalue weighted by molar-refractivity contribution is -0.137. The normalized spacial score (nSPS) is 11.9. The number of hydrogen-bond donors (Lipinski definition) is 2. The Bertz CT molecular complexity index is 426. The molecule has 0 bridgehead atoms. The molecule has 104 valence electrons. The minimum Gasteiger partial charge on any atom is -0.481 e. The minimum atomic E-state index is -0.749. The number of aryl methyl sites for hydroxylation is 1. The topological polar surface area (TPSA) is 66.4 Å². The molecule has 0 fully saturated rings. The summed E-state index contributed by atoms with van der Waals surface area (Å²) < 4.78 is 0. The van der Waals surface area contributed by atoms with Crippen LogP contribution in [0.15, 0.2) is 24.3 Å². The summed E-state index contributed by atoms with van der Waals surface area (Å²) in [6, 6.07) is 8.24. The molecule has 4 heteroatoms. The predicted molar refractivity (Wildman–Crippen MR) is 74.0 cm³/mol. The van der Waals surface area contributed by atoms with Crippen molar-refractivity contribution in [3.05, 3.63) is 35.4 Å². The Morgan fingerprint density at radius 3 is 2.32 bits per heavy atom. The molecule has 0 aliphatic heterocycles. The lowest BCUT2D eigenvalue weighted by atomic mass is 10.0. The van der Waals surface area contributed by atoms with E-state index in [0.29, 0.717) is 6.42 Å². The number of aliphatic carboxylic acids is 1. The standard InChI is InChI=1S/C15H21NO3/c1-11(16-12(2)17)10-14-8-6-13(7-9-14)4-3-5-15(18)19/h6-9,11H,3-5,10H2,1-2H3,(H,16,17)(H,18,19). The number of carboxylic acid groups (broad SMARTS) is 1. The molecule has 19 heavy (non-hydrogen) atoms. The molecule has 2 N–H and O–H groups in total. The van der Waals surface area contributed by atoms with Gasteiger partial charge in [0.25, 0.3) is 0 Å². The van der Waals surface area contributed by atoms with Crippen LogP contribution in [0, 0.1) is 0 Å². The molecule has 0 aromatic heterocycles. The zero-order chi connectivity index (χ0) is 14.3. The molecule has 1 rings (SSSR count). The molecule has 0 radical (unpaired) electrons. The highest BCUT2D eigenvalue weighted by Gasteiger charge is 2.05. The van der Waals surface area contributed by atoms with E-state index in [1.165, 1.54) is 12.5 Å². The first-order valence-corrected chi connectivity index (χ1v) is 6.54. The lowest BCUT2D eigenvalue weighted by Gasteiger charge is -2.12. The predicted octanol–water partition coefficient (Wildman–Crippen LogP) is 2.16. The molecule has 0 heterocycles. The van der Waals surface area contributed by atoms with E-state index in [0.717, 1.165) is 18.4 Å². The van der Waals surface area contributed by atoms with Gasteiger partial charge in [-0.1, -0.05) is 24.3 Å². The van der Waals surface area contributed by atoms with Crippen LogP contribution in [-0.2, 0) is 22.4 Å². The van der Waals surface area contributed by atoms with Crippen molar-refractivity contribution in [3.8, 4) is 0 Å². The molecule has 1 amide bonds. The summed E-state index contributed by atoms with van der Waals surface area (Å²) >= 11 is 0. The first-order valence-electron chi connectivity index (χ1n) is 6.54. The van der Waals surface area contributed by atoms with Crippen molar-refractivity contribution in [3.63, 3.8) is 0 Å². The Labute approximate surface area is 113 Å². The van der Waals surface area contributed by atoms with E-state index in [9.17, 15) is 9.59 Å². The quantitative estimate of drug-likeness (QED) is 0.792. The minimum absolute atomic E-state index is 0.0159. The maximum absolute atomic E-state index is 10.9. The van der Waals surface area contributed by atoms with E-state index >= 15 is 0 Å². The fraction of sp³-hybridized carbons (Fsp3) is 0.467. The van der Waals surface area contributed by atoms with E-state index in [1.807, 2.05) is 31.2 Å². The molecule has 0 saturated carbocycles. The molecule has 4 nitrogen and oxygen atoms in total. The number of carboxylic acids is 1. The molecule has 0 spiro atoms. The van der Waals surface area contributed by atoms with Crippen molar-refractivity contribution < 1.29 is 14.7 Å². The van der Waals surface area contributed by atoms with Crippen molar-refractivity contribution >= 4 is 11.9 Å². The second-order valence-electron chi connectivity index (χ2n) is 4.87. The number of rotatable bonds is 7. The van der Waals surface area contributed by atoms with Gasteiger partial charge in [-0.15, -0.1) is 0 Å². The van der Waals surface area contributed by atoms with Gasteiger partial charge in [0.05, 0.1) is 0 Å². The maximum Gasteiger partial charge on any atom is 0.303 e. The van der Waals surface area contributed by atoms with Gasteiger partial charge in [0.1, 0.15) is 0 Å². The fourth-order valence-electron chi connectivity index (χ4n) is 2.04. The number of carbonyl (C=O) groups excluding carboxylic acids is 1. The van der Waals surface area contributed by atoms with Gasteiger partial charge in [-0.05, 0) is 37.3 Å². The summed E-state index contributed by atoms with van der Waals surface area (Å²) in [4.78, 5) is 21.3. The van der Waals surface area contributed by atoms with E-state index in [4.69, 9.17) is 5.11 Å². The maximum atomic E-state index is 10.9. The summed E-state index contributed by atoms with van der Waals surface area (Å²) in [5, 5.41) is 11.4. The molecule has 1 unspecified atom stereocenters. The highest BCUT2D eigenvalue weighted by Crippen LogP contribution is 2.09. The van der Waals surface area contributed by atoms with Crippen LogP contribution < -0.4 is 5.32 Å². The van der Waals surface area contributed by atoms with Crippen molar-refractivity contribution in [1.29, 1.82) is 0 Å². The molecule has 0 saturated heterocycles. The second-order valence-corrected chi connectivity index (χ2v) is 4.87. The number of benzene rings is 1. The van der Waals surface area contributed by atoms with Crippen LogP contribution in [0.5, 0.6) is 0 Å². The Kier molecular flexibility index (Phi) is 6.06. The average molecular weight is 263 g/mol. The van der Waals surface area contributed by atoms with Gasteiger partial charge in [0.2, 0.25) is 5.91 Å². The van der Waals surface area contributed by atoms with Crippen LogP contribution in [0.25, 0.3) is 0 Å². The summed E-state index contributed by atoms with van der Waals surface area (Å²) in [6.45, 7) is 3.49. The fourth-order valence-corrected chi connectivity index (χ4v) is 2.04. The van der Waals surface area contributed by atoms with Crippen LogP contribution in [-0.4, -0.2) is 23.0 Å². The third-order valence-electron chi connectivity index (χ3n) is 2.87. The number of nitrogens with one attached hydrogen (secondary N) is 1. The number of carbonyl (C=O) groups is 2. The van der Waals surface area contributed by atoms with Crippen molar-refractivity contribution in [2.45, 2.75) is 45.6 Å². The molecule has 1 aromatic carbocycles. The van der Waals surface area contributed by atoms with Gasteiger partial charge in [0.15, 0.2) is 0 Å². The molecular weight excluding hydrogens is 242 g/mol. The Balaban J connectivity index is 2.42. The molecular formula is C15H21NO3. The summed E-state index contributed by atoms with van der Waals surface area (Å²) in [5.41, 5.74) is 2.32. The van der Waals surface area contributed by atoms with Gasteiger partial charge in [0, 0.05) is 19.4 Å². The van der Waals surface area contributed by atoms with Crippen molar-refractivity contribution in [2.24, 2.45) is 0 Å². The molecule has 0 aliphatic carbocycles. The van der Waals surface area contributed by atoms with Crippen LogP contribution in [0.3, 0.4) is 0 Å². The Morgan fingerprint density at radius 1 is 1.21 bits per heavy atom. The van der Waals surface area contributed by atoms with Crippen molar-refractivity contribution in [2.75, 3.05) is 0 Å². The zero-order valence-corrected chi connectivity index (χ0v) is 11.5. The lowest BCUT2D eigenvalue weighted by Crippen LogP contribution is -2.31. The van der Waals surface area contributed by atoms with Crippen LogP contribution in [0.2, 0.25) is 0 Å². The van der Waals surface area contributed by atoms with E-state index in [1.54, 1.807) is 0 Å². The van der Waals surface area contributed by atoms with Gasteiger partial charge in [-0.3, -0.25) is 9.59 Å². The number of amides is 1. The van der Waals surface area contributed by atoms with Crippen LogP contribution >= 0.6 is 0 Å². The molecule has 1 atom stereocenters. The first kappa shape index (κ1) is 15.2. The molecule has 1 aromatic rings. The SMILES string of the molecule is CC(=O)NC(C)Cc1ccc(CCCC(=O)O)cc1. The third-order valence-corrected chi connectivity index (χ3v) is 2.87. The number of hydrogen-bond acceptors (Lipinski definition) is 2. The summed E-state index contributed by atoms with van der Waals surface area (Å²) in [7, 11) is 0. The van der Waals surface area contributed by atoms with Gasteiger partial charge in [-0.2, -0.15) is 0 Å². The van der Waals surface area contributed by atoms with E-state index in [2.05, 4.69) is 5.32 Å². The van der Waals surface area contributed by atoms with Gasteiger partial charge < -0.3 is 10.4 Å². The van der Waals surface area contributed by atoms with Crippen LogP contribution in [0.4, 0.5) is 0 Å². The Hall–Kier alpha value is -1.84. The highest BCUT2D eigenvalue weighted by atomic mass is 16.4. The highest BCUT2D eigenvalue weighted by molar-refractivity contribution is 5.73. The average Bonchev–Trinajstić information content (AvgIpc) is 2.29. The monoisotopic (exact) mass is 263 g/mol. The van der Waals surface area contributed by atoms with Crippen LogP contribution in [0.1, 0.15) is 37.8 Å². The molecule has 0 aliphatic rings. The second kappa shape index (κ2) is 7.56. The van der Waals surface area contributed by atoms with Gasteiger partial charge in [-0.25, -0.2) is 0 Å². The first-order chi connectivity index (χ1) is 8.97. The summed E-state index contributed by atoms with van der Waals surface area (Å²) in [6.07, 6.45) is 2.46. The van der Waals surface area contributed by atoms with E-state index in [-0.39, 0.29) is 18.4 Å². The Morgan fingerprint density at radius 2 is 1.79 bits per heavy atom. The van der Waals surface area contributed by atoms with Gasteiger partial charge >= 0.3 is 5.97 Å². The van der Waals surface area contributed by atoms with Crippen molar-refractivity contribution in [1.82, 2.24) is 5.32 Å². The third kappa shape index (κ3) is 6.60. The smallest absolute Gasteiger partial charge is 0.303 e. The van der Waals surface area contributed by atoms with E-state index < -0.39 is 5.97 Å². The largest absolute Gasteiger partial charge is 0.481 e. The summed E-state index contributed by atoms with van der Waals surface area (Å²) in [5.74, 6) is -0.765. The zero-order valence-electron chi connectivity index (χ0n) is 11.5.